The van der Waals surface area contributed by atoms with E-state index in [1.165, 1.54) is 16.7 Å². The molecule has 100 heavy (non-hydrogen) atoms. The van der Waals surface area contributed by atoms with Crippen LogP contribution < -0.4 is 21.3 Å². The fourth-order valence-corrected chi connectivity index (χ4v) is 15.7. The minimum absolute atomic E-state index is 0.0133. The van der Waals surface area contributed by atoms with Crippen LogP contribution in [0.2, 0.25) is 0 Å². The quantitative estimate of drug-likeness (QED) is 0.156. The van der Waals surface area contributed by atoms with E-state index in [-0.39, 0.29) is 49.0 Å². The van der Waals surface area contributed by atoms with Crippen molar-refractivity contribution in [2.75, 3.05) is 4.90 Å². The van der Waals surface area contributed by atoms with Gasteiger partial charge in [-0.05, 0) is 182 Å². The van der Waals surface area contributed by atoms with Gasteiger partial charge in [-0.2, -0.15) is 5.26 Å². The van der Waals surface area contributed by atoms with Crippen molar-refractivity contribution in [1.29, 1.82) is 5.26 Å². The molecule has 4 heterocycles. The third-order valence-corrected chi connectivity index (χ3v) is 21.0. The molecule has 15 aromatic rings. The Morgan fingerprint density at radius 2 is 0.860 bits per heavy atom. The van der Waals surface area contributed by atoms with E-state index in [2.05, 4.69) is 329 Å². The second-order valence-corrected chi connectivity index (χ2v) is 31.5. The molecule has 0 bridgehead atoms. The highest BCUT2D eigenvalue weighted by molar-refractivity contribution is 7.00. The molecule has 2 aliphatic heterocycles. The number of aromatic nitrogens is 2. The number of benzene rings is 13. The van der Waals surface area contributed by atoms with Gasteiger partial charge in [0.25, 0.3) is 6.71 Å². The molecule has 17 rings (SSSR count). The Hall–Kier alpha value is -11.2. The van der Waals surface area contributed by atoms with Crippen molar-refractivity contribution >= 4 is 105 Å². The van der Waals surface area contributed by atoms with Gasteiger partial charge in [-0.3, -0.25) is 0 Å². The van der Waals surface area contributed by atoms with Crippen molar-refractivity contribution < 1.29 is 9.60 Å². The van der Waals surface area contributed by atoms with Gasteiger partial charge in [-0.1, -0.05) is 289 Å². The maximum absolute atomic E-state index is 10.8. The summed E-state index contributed by atoms with van der Waals surface area (Å²) in [5.74, 6) is 0. The summed E-state index contributed by atoms with van der Waals surface area (Å²) in [6.07, 6.45) is 0. The van der Waals surface area contributed by atoms with Gasteiger partial charge < -0.3 is 14.0 Å². The molecule has 0 spiro atoms. The van der Waals surface area contributed by atoms with Crippen LogP contribution in [0.25, 0.3) is 121 Å². The molecule has 0 fully saturated rings. The number of anilines is 3. The second kappa shape index (κ2) is 23.0. The molecule has 0 radical (unpaired) electrons. The maximum atomic E-state index is 10.8. The molecule has 0 N–H and O–H groups in total. The van der Waals surface area contributed by atoms with Crippen LogP contribution in [0.15, 0.2) is 273 Å². The molecule has 0 saturated heterocycles. The molecule has 0 amide bonds. The Bertz CT molecular complexity index is 6380. The van der Waals surface area contributed by atoms with Crippen molar-refractivity contribution in [2.45, 2.75) is 105 Å². The molecule has 2 aliphatic rings. The number of rotatable bonds is 6. The molecule has 0 saturated carbocycles. The zero-order valence-electron chi connectivity index (χ0n) is 65.8. The third-order valence-electron chi connectivity index (χ3n) is 21.0. The molecule has 0 unspecified atom stereocenters. The van der Waals surface area contributed by atoms with Gasteiger partial charge in [0.05, 0.1) is 49.2 Å². The van der Waals surface area contributed by atoms with E-state index >= 15 is 0 Å². The van der Waals surface area contributed by atoms with E-state index in [0.29, 0.717) is 5.69 Å². The molecular formula is C95H81BN4. The van der Waals surface area contributed by atoms with E-state index in [0.717, 1.165) is 133 Å². The van der Waals surface area contributed by atoms with Crippen LogP contribution in [-0.2, 0) is 21.7 Å². The number of hydrogen-bond donors (Lipinski definition) is 0. The summed E-state index contributed by atoms with van der Waals surface area (Å²) in [5, 5.41) is 16.9. The highest BCUT2D eigenvalue weighted by Gasteiger charge is 2.44. The first-order valence-electron chi connectivity index (χ1n) is 38.4. The lowest BCUT2D eigenvalue weighted by Gasteiger charge is -2.43. The first kappa shape index (κ1) is 54.8. The average Bonchev–Trinajstić information content (AvgIpc) is 1.40. The van der Waals surface area contributed by atoms with Gasteiger partial charge >= 0.3 is 0 Å². The Morgan fingerprint density at radius 3 is 1.48 bits per heavy atom. The van der Waals surface area contributed by atoms with Crippen LogP contribution in [0, 0.1) is 11.3 Å². The highest BCUT2D eigenvalue weighted by Crippen LogP contribution is 2.52. The van der Waals surface area contributed by atoms with Crippen LogP contribution in [0.5, 0.6) is 0 Å². The zero-order chi connectivity index (χ0) is 75.0. The van der Waals surface area contributed by atoms with Crippen molar-refractivity contribution in [3.8, 4) is 62.0 Å². The first-order valence-corrected chi connectivity index (χ1v) is 34.9. The fraction of sp³-hybridized carbons (Fsp3) is 0.168. The van der Waals surface area contributed by atoms with E-state index < -0.39 is 49.0 Å². The van der Waals surface area contributed by atoms with Gasteiger partial charge in [0, 0.05) is 55.3 Å². The minimum Gasteiger partial charge on any atom is -0.310 e. The molecule has 13 aromatic carbocycles. The van der Waals surface area contributed by atoms with E-state index in [9.17, 15) is 14.9 Å². The lowest BCUT2D eigenvalue weighted by atomic mass is 9.33. The van der Waals surface area contributed by atoms with Crippen molar-refractivity contribution in [2.24, 2.45) is 0 Å². The molecule has 4 nitrogen and oxygen atoms in total. The van der Waals surface area contributed by atoms with Gasteiger partial charge in [0.2, 0.25) is 0 Å². The summed E-state index contributed by atoms with van der Waals surface area (Å²) in [6.45, 7) is 26.7. The number of nitrogens with zero attached hydrogens (tertiary/aromatic N) is 4. The third kappa shape index (κ3) is 10.2. The number of fused-ring (bicyclic) bond motifs is 14. The molecule has 0 aliphatic carbocycles. The summed E-state index contributed by atoms with van der Waals surface area (Å²) >= 11 is 0. The minimum atomic E-state index is -0.534. The van der Waals surface area contributed by atoms with Gasteiger partial charge in [-0.25, -0.2) is 0 Å². The maximum Gasteiger partial charge on any atom is 0.252 e. The standard InChI is InChI=1S/C95H81BN4/c1-92(2,3)66-33-27-32-62(47-66)65-50-80-74-37-22-20-35-72(74)71-34-19-21-36-73(71)75-38-23-26-41-84(75)99-87-56-70(98-83-40-25-24-39-76(83)79-46-59(58-97)42-45-85(79)98)57-88-89(87)96(82(51-65)91(80)99)81-44-43-63(64-48-67(93(4,5)6)53-68(49-64)94(7,8)9)52-86(81)100(88)90-77(60-28-15-13-16-29-60)54-69(95(10,11)12)55-78(90)61-30-17-14-18-31-61/h13-57H,1-12H3/i24D,25D,39D,40D,42D,45D,46D. The normalized spacial score (nSPS) is 13.9. The number of para-hydroxylation sites is 2. The summed E-state index contributed by atoms with van der Waals surface area (Å²) in [4.78, 5) is 2.48. The Morgan fingerprint density at radius 1 is 0.350 bits per heavy atom. The van der Waals surface area contributed by atoms with Gasteiger partial charge in [0.1, 0.15) is 0 Å². The number of nitriles is 1. The SMILES string of the molecule is [2H]c1c([2H])c([2H])c2c(c1[2H])c1c([2H])c(C#N)c([2H])c([2H])c1n2-c1cc2c3c(c1)-n1c4ccccc4c4ccccc4c4ccccc4c4cc(-c5cccc(C(C)(C)C)c5)cc(c41)B3c1ccc(-c3cc(C(C)(C)C)cc(C(C)(C)C)c3)cc1N2c1c(-c2ccccc2)cc(C(C)(C)C)cc1-c1ccccc1. The number of hydrogen-bond acceptors (Lipinski definition) is 2. The molecule has 5 heteroatoms. The van der Waals surface area contributed by atoms with Crippen molar-refractivity contribution in [3.05, 3.63) is 301 Å². The molecule has 0 atom stereocenters. The van der Waals surface area contributed by atoms with Gasteiger partial charge in [-0.15, -0.1) is 0 Å². The van der Waals surface area contributed by atoms with Crippen molar-refractivity contribution in [3.63, 3.8) is 0 Å². The fourth-order valence-electron chi connectivity index (χ4n) is 15.7. The topological polar surface area (TPSA) is 36.9 Å². The van der Waals surface area contributed by atoms with Crippen LogP contribution in [-0.4, -0.2) is 15.8 Å². The van der Waals surface area contributed by atoms with Crippen LogP contribution in [0.3, 0.4) is 0 Å². The second-order valence-electron chi connectivity index (χ2n) is 31.5. The van der Waals surface area contributed by atoms with Crippen LogP contribution in [0.4, 0.5) is 17.1 Å². The summed E-state index contributed by atoms with van der Waals surface area (Å²) in [5.41, 5.74) is 20.2. The predicted octanol–water partition coefficient (Wildman–Crippen LogP) is 23.7. The van der Waals surface area contributed by atoms with E-state index in [4.69, 9.17) is 0 Å². The Balaban J connectivity index is 1.18. The van der Waals surface area contributed by atoms with E-state index in [1.807, 2.05) is 0 Å². The van der Waals surface area contributed by atoms with E-state index in [1.54, 1.807) is 4.57 Å². The molecule has 2 aromatic heterocycles. The molecular weight excluding hydrogens is 1210 g/mol. The zero-order valence-corrected chi connectivity index (χ0v) is 58.8. The van der Waals surface area contributed by atoms with Crippen LogP contribution in [0.1, 0.15) is 120 Å². The smallest absolute Gasteiger partial charge is 0.252 e. The monoisotopic (exact) mass is 1300 g/mol. The summed E-state index contributed by atoms with van der Waals surface area (Å²) < 4.78 is 72.7. The van der Waals surface area contributed by atoms with Gasteiger partial charge in [0.15, 0.2) is 0 Å². The highest BCUT2D eigenvalue weighted by atomic mass is 15.2. The lowest BCUT2D eigenvalue weighted by molar-refractivity contribution is 0.569. The first-order chi connectivity index (χ1) is 51.0. The molecule has 484 valence electrons. The lowest BCUT2D eigenvalue weighted by Crippen LogP contribution is -2.60. The Labute approximate surface area is 598 Å². The Kier molecular flexibility index (Phi) is 12.6. The summed E-state index contributed by atoms with van der Waals surface area (Å²) in [6, 6.07) is 83.4. The summed E-state index contributed by atoms with van der Waals surface area (Å²) in [7, 11) is 0. The average molecular weight is 1300 g/mol. The van der Waals surface area contributed by atoms with Crippen LogP contribution >= 0.6 is 0 Å². The largest absolute Gasteiger partial charge is 0.310 e. The van der Waals surface area contributed by atoms with Crippen molar-refractivity contribution in [1.82, 2.24) is 9.13 Å². The predicted molar refractivity (Wildman–Crippen MR) is 428 cm³/mol.